The first kappa shape index (κ1) is 12.0. The second-order valence-electron chi connectivity index (χ2n) is 6.31. The zero-order chi connectivity index (χ0) is 11.1. The van der Waals surface area contributed by atoms with Crippen molar-refractivity contribution < 1.29 is 5.11 Å². The van der Waals surface area contributed by atoms with Gasteiger partial charge in [0.15, 0.2) is 0 Å². The van der Waals surface area contributed by atoms with Gasteiger partial charge in [0.05, 0.1) is 5.60 Å². The molecule has 1 aliphatic heterocycles. The zero-order valence-electron chi connectivity index (χ0n) is 10.5. The number of hydrogen-bond donors (Lipinski definition) is 1. The van der Waals surface area contributed by atoms with Gasteiger partial charge in [-0.05, 0) is 40.0 Å². The topological polar surface area (TPSA) is 23.5 Å². The molecule has 2 unspecified atom stereocenters. The maximum absolute atomic E-state index is 10.1. The van der Waals surface area contributed by atoms with Gasteiger partial charge >= 0.3 is 0 Å². The zero-order valence-corrected chi connectivity index (χ0v) is 10.5. The highest BCUT2D eigenvalue weighted by Crippen LogP contribution is 2.35. The van der Waals surface area contributed by atoms with E-state index < -0.39 is 5.60 Å². The summed E-state index contributed by atoms with van der Waals surface area (Å²) >= 11 is 0. The van der Waals surface area contributed by atoms with Gasteiger partial charge in [0.1, 0.15) is 0 Å². The lowest BCUT2D eigenvalue weighted by Gasteiger charge is -2.38. The van der Waals surface area contributed by atoms with Crippen LogP contribution in [0, 0.1) is 5.92 Å². The summed E-state index contributed by atoms with van der Waals surface area (Å²) in [5.41, 5.74) is -0.336. The molecule has 0 aromatic heterocycles. The van der Waals surface area contributed by atoms with Crippen LogP contribution in [0.15, 0.2) is 0 Å². The highest BCUT2D eigenvalue weighted by molar-refractivity contribution is 4.99. The minimum atomic E-state index is -0.498. The van der Waals surface area contributed by atoms with E-state index in [1.807, 2.05) is 6.92 Å². The first-order valence-corrected chi connectivity index (χ1v) is 5.63. The molecule has 0 amide bonds. The van der Waals surface area contributed by atoms with E-state index in [4.69, 9.17) is 0 Å². The summed E-state index contributed by atoms with van der Waals surface area (Å²) in [6.45, 7) is 13.9. The SMILES string of the molecule is CC(C)C1CC(C)(O)CN1C(C)(C)C. The van der Waals surface area contributed by atoms with Gasteiger partial charge in [0, 0.05) is 18.1 Å². The molecular weight excluding hydrogens is 174 g/mol. The van der Waals surface area contributed by atoms with Gasteiger partial charge < -0.3 is 5.11 Å². The van der Waals surface area contributed by atoms with E-state index in [0.29, 0.717) is 12.0 Å². The quantitative estimate of drug-likeness (QED) is 0.700. The van der Waals surface area contributed by atoms with E-state index in [-0.39, 0.29) is 5.54 Å². The van der Waals surface area contributed by atoms with Crippen molar-refractivity contribution in [2.24, 2.45) is 5.92 Å². The maximum Gasteiger partial charge on any atom is 0.0761 e. The Morgan fingerprint density at radius 2 is 1.86 bits per heavy atom. The second kappa shape index (κ2) is 3.49. The van der Waals surface area contributed by atoms with Crippen LogP contribution < -0.4 is 0 Å². The summed E-state index contributed by atoms with van der Waals surface area (Å²) < 4.78 is 0. The van der Waals surface area contributed by atoms with E-state index in [1.54, 1.807) is 0 Å². The average molecular weight is 199 g/mol. The number of nitrogens with zero attached hydrogens (tertiary/aromatic N) is 1. The van der Waals surface area contributed by atoms with Crippen molar-refractivity contribution in [1.29, 1.82) is 0 Å². The Balaban J connectivity index is 2.83. The van der Waals surface area contributed by atoms with Crippen molar-refractivity contribution in [3.8, 4) is 0 Å². The summed E-state index contributed by atoms with van der Waals surface area (Å²) in [6, 6.07) is 0.519. The van der Waals surface area contributed by atoms with Crippen LogP contribution in [0.4, 0.5) is 0 Å². The molecule has 0 spiro atoms. The van der Waals surface area contributed by atoms with Crippen molar-refractivity contribution in [2.45, 2.75) is 65.1 Å². The highest BCUT2D eigenvalue weighted by Gasteiger charge is 2.44. The number of likely N-dealkylation sites (tertiary alicyclic amines) is 1. The fourth-order valence-corrected chi connectivity index (χ4v) is 2.44. The molecule has 0 radical (unpaired) electrons. The number of rotatable bonds is 1. The Hall–Kier alpha value is -0.0800. The summed E-state index contributed by atoms with van der Waals surface area (Å²) in [7, 11) is 0. The van der Waals surface area contributed by atoms with Crippen LogP contribution in [0.3, 0.4) is 0 Å². The summed E-state index contributed by atoms with van der Waals surface area (Å²) in [4.78, 5) is 2.44. The molecule has 0 aromatic carbocycles. The van der Waals surface area contributed by atoms with Crippen molar-refractivity contribution in [3.63, 3.8) is 0 Å². The van der Waals surface area contributed by atoms with Crippen LogP contribution in [0.25, 0.3) is 0 Å². The fraction of sp³-hybridized carbons (Fsp3) is 1.00. The Morgan fingerprint density at radius 3 is 2.14 bits per heavy atom. The third-order valence-electron chi connectivity index (χ3n) is 3.19. The molecule has 1 saturated heterocycles. The van der Waals surface area contributed by atoms with Crippen molar-refractivity contribution in [3.05, 3.63) is 0 Å². The van der Waals surface area contributed by atoms with Crippen LogP contribution in [0.2, 0.25) is 0 Å². The molecule has 1 aliphatic rings. The first-order chi connectivity index (χ1) is 6.13. The lowest BCUT2D eigenvalue weighted by molar-refractivity contribution is 0.0476. The van der Waals surface area contributed by atoms with Crippen LogP contribution in [-0.2, 0) is 0 Å². The molecule has 2 nitrogen and oxygen atoms in total. The summed E-state index contributed by atoms with van der Waals surface area (Å²) in [6.07, 6.45) is 0.905. The molecule has 0 saturated carbocycles. The number of aliphatic hydroxyl groups is 1. The van der Waals surface area contributed by atoms with Gasteiger partial charge in [-0.15, -0.1) is 0 Å². The Labute approximate surface area is 88.3 Å². The molecular formula is C12H25NO. The molecule has 0 aromatic rings. The Morgan fingerprint density at radius 1 is 1.36 bits per heavy atom. The minimum Gasteiger partial charge on any atom is -0.389 e. The van der Waals surface area contributed by atoms with E-state index >= 15 is 0 Å². The molecule has 2 heteroatoms. The van der Waals surface area contributed by atoms with Crippen LogP contribution in [-0.4, -0.2) is 33.7 Å². The molecule has 14 heavy (non-hydrogen) atoms. The second-order valence-corrected chi connectivity index (χ2v) is 6.31. The number of β-amino-alcohol motifs (C(OH)–C–C–N with tert-alkyl or cyclic N) is 1. The predicted octanol–water partition coefficient (Wildman–Crippen LogP) is 2.27. The standard InChI is InChI=1S/C12H25NO/c1-9(2)10-7-12(6,14)8-13(10)11(3,4)5/h9-10,14H,7-8H2,1-6H3. The van der Waals surface area contributed by atoms with Crippen molar-refractivity contribution >= 4 is 0 Å². The largest absolute Gasteiger partial charge is 0.389 e. The van der Waals surface area contributed by atoms with Crippen molar-refractivity contribution in [2.75, 3.05) is 6.54 Å². The molecule has 1 N–H and O–H groups in total. The maximum atomic E-state index is 10.1. The molecule has 1 rings (SSSR count). The number of hydrogen-bond acceptors (Lipinski definition) is 2. The lowest BCUT2D eigenvalue weighted by atomic mass is 9.94. The van der Waals surface area contributed by atoms with E-state index in [0.717, 1.165) is 13.0 Å². The van der Waals surface area contributed by atoms with Gasteiger partial charge in [0.2, 0.25) is 0 Å². The smallest absolute Gasteiger partial charge is 0.0761 e. The Kier molecular flexibility index (Phi) is 2.99. The highest BCUT2D eigenvalue weighted by atomic mass is 16.3. The van der Waals surface area contributed by atoms with Gasteiger partial charge in [-0.25, -0.2) is 0 Å². The summed E-state index contributed by atoms with van der Waals surface area (Å²) in [5, 5.41) is 10.1. The molecule has 84 valence electrons. The molecule has 0 bridgehead atoms. The molecule has 0 aliphatic carbocycles. The third kappa shape index (κ3) is 2.48. The van der Waals surface area contributed by atoms with Gasteiger partial charge in [-0.3, -0.25) is 4.90 Å². The van der Waals surface area contributed by atoms with E-state index in [9.17, 15) is 5.11 Å². The lowest BCUT2D eigenvalue weighted by Crippen LogP contribution is -2.47. The van der Waals surface area contributed by atoms with Gasteiger partial charge in [-0.2, -0.15) is 0 Å². The van der Waals surface area contributed by atoms with Crippen LogP contribution in [0.5, 0.6) is 0 Å². The van der Waals surface area contributed by atoms with Crippen LogP contribution >= 0.6 is 0 Å². The monoisotopic (exact) mass is 199 g/mol. The first-order valence-electron chi connectivity index (χ1n) is 5.63. The predicted molar refractivity (Wildman–Crippen MR) is 60.3 cm³/mol. The molecule has 1 fully saturated rings. The minimum absolute atomic E-state index is 0.162. The van der Waals surface area contributed by atoms with Crippen LogP contribution in [0.1, 0.15) is 48.0 Å². The van der Waals surface area contributed by atoms with Crippen molar-refractivity contribution in [1.82, 2.24) is 4.90 Å². The molecule has 1 heterocycles. The molecule has 2 atom stereocenters. The normalized spacial score (nSPS) is 35.6. The van der Waals surface area contributed by atoms with Gasteiger partial charge in [-0.1, -0.05) is 13.8 Å². The third-order valence-corrected chi connectivity index (χ3v) is 3.19. The summed E-state index contributed by atoms with van der Waals surface area (Å²) in [5.74, 6) is 0.614. The van der Waals surface area contributed by atoms with E-state index in [1.165, 1.54) is 0 Å². The van der Waals surface area contributed by atoms with Gasteiger partial charge in [0.25, 0.3) is 0 Å². The average Bonchev–Trinajstić information content (AvgIpc) is 2.24. The fourth-order valence-electron chi connectivity index (χ4n) is 2.44. The Bertz CT molecular complexity index is 203. The van der Waals surface area contributed by atoms with E-state index in [2.05, 4.69) is 39.5 Å².